The van der Waals surface area contributed by atoms with Gasteiger partial charge in [0.25, 0.3) is 5.91 Å². The maximum Gasteiger partial charge on any atom is 0.261 e. The number of carbonyl (C=O) groups excluding carboxylic acids is 1. The van der Waals surface area contributed by atoms with Crippen LogP contribution in [0.3, 0.4) is 0 Å². The Balaban J connectivity index is 1.76. The third kappa shape index (κ3) is 5.81. The summed E-state index contributed by atoms with van der Waals surface area (Å²) in [5.74, 6) is 2.17. The first-order valence-corrected chi connectivity index (χ1v) is 8.97. The zero-order valence-electron chi connectivity index (χ0n) is 14.0. The molecule has 24 heavy (non-hydrogen) atoms. The number of hydrogen-bond donors (Lipinski definition) is 1. The lowest BCUT2D eigenvalue weighted by Gasteiger charge is -2.17. The van der Waals surface area contributed by atoms with Crippen molar-refractivity contribution in [1.82, 2.24) is 5.32 Å². The number of ether oxygens (including phenoxy) is 2. The Morgan fingerprint density at radius 1 is 1.08 bits per heavy atom. The number of methoxy groups -OCH3 is 1. The van der Waals surface area contributed by atoms with Gasteiger partial charge in [0.2, 0.25) is 0 Å². The molecule has 2 rings (SSSR count). The molecule has 0 unspecified atom stereocenters. The first-order valence-electron chi connectivity index (χ1n) is 7.99. The highest BCUT2D eigenvalue weighted by Crippen LogP contribution is 2.19. The maximum absolute atomic E-state index is 12.2. The Hall–Kier alpha value is -2.14. The summed E-state index contributed by atoms with van der Waals surface area (Å²) in [4.78, 5) is 13.4. The van der Waals surface area contributed by atoms with Crippen LogP contribution in [0.2, 0.25) is 0 Å². The smallest absolute Gasteiger partial charge is 0.261 e. The van der Waals surface area contributed by atoms with Crippen LogP contribution in [0.15, 0.2) is 59.5 Å². The van der Waals surface area contributed by atoms with E-state index >= 15 is 0 Å². The predicted octanol–water partition coefficient (Wildman–Crippen LogP) is 3.76. The number of amides is 1. The van der Waals surface area contributed by atoms with Crippen LogP contribution in [0.5, 0.6) is 11.5 Å². The molecule has 0 heterocycles. The lowest BCUT2D eigenvalue weighted by molar-refractivity contribution is -0.127. The van der Waals surface area contributed by atoms with E-state index in [1.807, 2.05) is 37.3 Å². The van der Waals surface area contributed by atoms with E-state index < -0.39 is 6.10 Å². The molecule has 1 atom stereocenters. The summed E-state index contributed by atoms with van der Waals surface area (Å²) < 4.78 is 10.9. The highest BCUT2D eigenvalue weighted by Gasteiger charge is 2.17. The number of hydrogen-bond acceptors (Lipinski definition) is 4. The van der Waals surface area contributed by atoms with Gasteiger partial charge in [0, 0.05) is 17.2 Å². The summed E-state index contributed by atoms with van der Waals surface area (Å²) in [6.07, 6.45) is 0.129. The van der Waals surface area contributed by atoms with Crippen LogP contribution in [0, 0.1) is 0 Å². The molecule has 2 aromatic carbocycles. The summed E-state index contributed by atoms with van der Waals surface area (Å²) >= 11 is 1.72. The number of nitrogens with one attached hydrogen (secondary N) is 1. The predicted molar refractivity (Wildman–Crippen MR) is 97.9 cm³/mol. The molecule has 128 valence electrons. The molecule has 0 bridgehead atoms. The minimum atomic E-state index is -0.486. The number of benzene rings is 2. The normalized spacial score (nSPS) is 11.6. The van der Waals surface area contributed by atoms with Crippen LogP contribution < -0.4 is 14.8 Å². The molecule has 0 aliphatic carbocycles. The van der Waals surface area contributed by atoms with Gasteiger partial charge >= 0.3 is 0 Å². The molecule has 0 aromatic heterocycles. The van der Waals surface area contributed by atoms with Gasteiger partial charge in [-0.1, -0.05) is 25.1 Å². The van der Waals surface area contributed by atoms with E-state index in [1.54, 1.807) is 31.0 Å². The monoisotopic (exact) mass is 345 g/mol. The van der Waals surface area contributed by atoms with Gasteiger partial charge in [-0.3, -0.25) is 4.79 Å². The molecule has 0 saturated heterocycles. The van der Waals surface area contributed by atoms with Gasteiger partial charge in [0.05, 0.1) is 7.11 Å². The lowest BCUT2D eigenvalue weighted by Crippen LogP contribution is -2.39. The van der Waals surface area contributed by atoms with Crippen molar-refractivity contribution in [2.45, 2.75) is 24.3 Å². The highest BCUT2D eigenvalue weighted by molar-refractivity contribution is 7.99. The minimum absolute atomic E-state index is 0.0815. The van der Waals surface area contributed by atoms with Gasteiger partial charge < -0.3 is 14.8 Å². The van der Waals surface area contributed by atoms with Crippen molar-refractivity contribution in [2.24, 2.45) is 0 Å². The second-order valence-corrected chi connectivity index (χ2v) is 6.31. The second-order valence-electron chi connectivity index (χ2n) is 5.14. The van der Waals surface area contributed by atoms with E-state index in [0.717, 1.165) is 11.5 Å². The average Bonchev–Trinajstić information content (AvgIpc) is 2.64. The van der Waals surface area contributed by atoms with Gasteiger partial charge in [-0.15, -0.1) is 11.8 Å². The first-order chi connectivity index (χ1) is 11.7. The molecule has 0 spiro atoms. The van der Waals surface area contributed by atoms with Crippen LogP contribution in [0.25, 0.3) is 0 Å². The van der Waals surface area contributed by atoms with Crippen molar-refractivity contribution in [3.63, 3.8) is 0 Å². The SMILES string of the molecule is CC[C@H](Oc1ccc(OC)cc1)C(=O)NCCSc1ccccc1. The lowest BCUT2D eigenvalue weighted by atomic mass is 10.2. The molecular weight excluding hydrogens is 322 g/mol. The van der Waals surface area contributed by atoms with E-state index in [2.05, 4.69) is 17.4 Å². The first kappa shape index (κ1) is 18.2. The number of rotatable bonds is 9. The molecule has 1 N–H and O–H groups in total. The largest absolute Gasteiger partial charge is 0.497 e. The zero-order chi connectivity index (χ0) is 17.2. The minimum Gasteiger partial charge on any atom is -0.497 e. The number of thioether (sulfide) groups is 1. The van der Waals surface area contributed by atoms with Crippen LogP contribution in [-0.2, 0) is 4.79 Å². The molecule has 4 nitrogen and oxygen atoms in total. The molecule has 5 heteroatoms. The van der Waals surface area contributed by atoms with E-state index in [1.165, 1.54) is 4.90 Å². The molecule has 0 saturated carbocycles. The molecule has 0 fully saturated rings. The molecule has 1 amide bonds. The highest BCUT2D eigenvalue weighted by atomic mass is 32.2. The Bertz CT molecular complexity index is 616. The third-order valence-corrected chi connectivity index (χ3v) is 4.43. The fourth-order valence-corrected chi connectivity index (χ4v) is 2.90. The standard InChI is InChI=1S/C19H23NO3S/c1-3-18(23-16-11-9-15(22-2)10-12-16)19(21)20-13-14-24-17-7-5-4-6-8-17/h4-12,18H,3,13-14H2,1-2H3,(H,20,21)/t18-/m0/s1. The summed E-state index contributed by atoms with van der Waals surface area (Å²) in [7, 11) is 1.62. The summed E-state index contributed by atoms with van der Waals surface area (Å²) in [5, 5.41) is 2.94. The Kier molecular flexibility index (Phi) is 7.49. The summed E-state index contributed by atoms with van der Waals surface area (Å²) in [5.41, 5.74) is 0. The fraction of sp³-hybridized carbons (Fsp3) is 0.316. The van der Waals surface area contributed by atoms with Gasteiger partial charge in [-0.2, -0.15) is 0 Å². The average molecular weight is 345 g/mol. The second kappa shape index (κ2) is 9.88. The quantitative estimate of drug-likeness (QED) is 0.555. The molecule has 0 aliphatic heterocycles. The Morgan fingerprint density at radius 3 is 2.38 bits per heavy atom. The van der Waals surface area contributed by atoms with E-state index in [9.17, 15) is 4.79 Å². The van der Waals surface area contributed by atoms with Crippen molar-refractivity contribution in [1.29, 1.82) is 0 Å². The van der Waals surface area contributed by atoms with Crippen molar-refractivity contribution in [3.8, 4) is 11.5 Å². The van der Waals surface area contributed by atoms with Crippen LogP contribution in [0.1, 0.15) is 13.3 Å². The van der Waals surface area contributed by atoms with Gasteiger partial charge in [0.15, 0.2) is 6.10 Å². The molecular formula is C19H23NO3S. The van der Waals surface area contributed by atoms with Gasteiger partial charge in [-0.05, 0) is 42.8 Å². The van der Waals surface area contributed by atoms with Crippen molar-refractivity contribution < 1.29 is 14.3 Å². The Labute approximate surface area is 147 Å². The van der Waals surface area contributed by atoms with Crippen LogP contribution in [-0.4, -0.2) is 31.4 Å². The zero-order valence-corrected chi connectivity index (χ0v) is 14.8. The third-order valence-electron chi connectivity index (χ3n) is 3.41. The Morgan fingerprint density at radius 2 is 1.75 bits per heavy atom. The summed E-state index contributed by atoms with van der Waals surface area (Å²) in [6.45, 7) is 2.55. The van der Waals surface area contributed by atoms with Crippen molar-refractivity contribution in [3.05, 3.63) is 54.6 Å². The van der Waals surface area contributed by atoms with E-state index in [4.69, 9.17) is 9.47 Å². The van der Waals surface area contributed by atoms with E-state index in [-0.39, 0.29) is 5.91 Å². The molecule has 2 aromatic rings. The van der Waals surface area contributed by atoms with E-state index in [0.29, 0.717) is 18.7 Å². The van der Waals surface area contributed by atoms with Crippen LogP contribution in [0.4, 0.5) is 0 Å². The fourth-order valence-electron chi connectivity index (χ4n) is 2.11. The number of carbonyl (C=O) groups is 1. The van der Waals surface area contributed by atoms with Crippen molar-refractivity contribution in [2.75, 3.05) is 19.4 Å². The van der Waals surface area contributed by atoms with Crippen molar-refractivity contribution >= 4 is 17.7 Å². The van der Waals surface area contributed by atoms with Crippen LogP contribution >= 0.6 is 11.8 Å². The topological polar surface area (TPSA) is 47.6 Å². The van der Waals surface area contributed by atoms with Gasteiger partial charge in [0.1, 0.15) is 11.5 Å². The summed E-state index contributed by atoms with van der Waals surface area (Å²) in [6, 6.07) is 17.4. The molecule has 0 aliphatic rings. The maximum atomic E-state index is 12.2. The van der Waals surface area contributed by atoms with Gasteiger partial charge in [-0.25, -0.2) is 0 Å². The molecule has 0 radical (unpaired) electrons.